The van der Waals surface area contributed by atoms with E-state index in [2.05, 4.69) is 24.1 Å². The Labute approximate surface area is 113 Å². The fraction of sp³-hybridized carbons (Fsp3) is 0.571. The van der Waals surface area contributed by atoms with Crippen LogP contribution in [0.4, 0.5) is 10.1 Å². The van der Waals surface area contributed by atoms with Crippen molar-refractivity contribution in [1.82, 2.24) is 5.32 Å². The van der Waals surface area contributed by atoms with E-state index >= 15 is 0 Å². The minimum Gasteiger partial charge on any atom is -0.369 e. The van der Waals surface area contributed by atoms with Gasteiger partial charge in [0.25, 0.3) is 0 Å². The lowest BCUT2D eigenvalue weighted by Gasteiger charge is -2.29. The first kappa shape index (κ1) is 13.6. The summed E-state index contributed by atoms with van der Waals surface area (Å²) in [4.78, 5) is 2.19. The average Bonchev–Trinajstić information content (AvgIpc) is 2.58. The second-order valence-corrected chi connectivity index (χ2v) is 5.61. The molecule has 1 unspecified atom stereocenters. The summed E-state index contributed by atoms with van der Waals surface area (Å²) >= 11 is 6.18. The molecule has 0 aromatic heterocycles. The van der Waals surface area contributed by atoms with Gasteiger partial charge in [-0.1, -0.05) is 25.4 Å². The molecular weight excluding hydrogens is 251 g/mol. The van der Waals surface area contributed by atoms with Crippen LogP contribution in [-0.4, -0.2) is 25.7 Å². The van der Waals surface area contributed by atoms with Crippen LogP contribution in [0.25, 0.3) is 0 Å². The van der Waals surface area contributed by atoms with Crippen LogP contribution in [0.3, 0.4) is 0 Å². The Morgan fingerprint density at radius 3 is 2.94 bits per heavy atom. The Hall–Kier alpha value is -0.800. The standard InChI is InChI=1S/C14H20ClFN2/c1-10(2)13-9-18(7-3-6-17-13)14-8-11(16)4-5-12(14)15/h4-5,8,10,13,17H,3,6-7,9H2,1-2H3. The molecule has 1 atom stereocenters. The molecule has 0 radical (unpaired) electrons. The normalized spacial score (nSPS) is 21.2. The fourth-order valence-corrected chi connectivity index (χ4v) is 2.58. The van der Waals surface area contributed by atoms with Crippen molar-refractivity contribution >= 4 is 17.3 Å². The van der Waals surface area contributed by atoms with Crippen molar-refractivity contribution < 1.29 is 4.39 Å². The van der Waals surface area contributed by atoms with Crippen molar-refractivity contribution in [3.8, 4) is 0 Å². The summed E-state index contributed by atoms with van der Waals surface area (Å²) in [6.45, 7) is 7.20. The molecule has 1 fully saturated rings. The third kappa shape index (κ3) is 3.15. The number of benzene rings is 1. The zero-order valence-electron chi connectivity index (χ0n) is 10.9. The van der Waals surface area contributed by atoms with E-state index in [0.717, 1.165) is 31.7 Å². The van der Waals surface area contributed by atoms with Gasteiger partial charge in [0.05, 0.1) is 10.7 Å². The Morgan fingerprint density at radius 2 is 2.22 bits per heavy atom. The third-order valence-electron chi connectivity index (χ3n) is 3.48. The van der Waals surface area contributed by atoms with Gasteiger partial charge < -0.3 is 10.2 Å². The van der Waals surface area contributed by atoms with E-state index in [0.29, 0.717) is 17.0 Å². The highest BCUT2D eigenvalue weighted by Gasteiger charge is 2.21. The van der Waals surface area contributed by atoms with Crippen molar-refractivity contribution in [3.05, 3.63) is 29.0 Å². The Morgan fingerprint density at radius 1 is 1.44 bits per heavy atom. The topological polar surface area (TPSA) is 15.3 Å². The van der Waals surface area contributed by atoms with Crippen molar-refractivity contribution in [2.45, 2.75) is 26.3 Å². The van der Waals surface area contributed by atoms with E-state index in [9.17, 15) is 4.39 Å². The van der Waals surface area contributed by atoms with Gasteiger partial charge in [-0.3, -0.25) is 0 Å². The molecule has 2 rings (SSSR count). The van der Waals surface area contributed by atoms with Crippen molar-refractivity contribution in [3.63, 3.8) is 0 Å². The smallest absolute Gasteiger partial charge is 0.125 e. The van der Waals surface area contributed by atoms with Gasteiger partial charge in [-0.05, 0) is 37.1 Å². The summed E-state index contributed by atoms with van der Waals surface area (Å²) in [6, 6.07) is 4.99. The van der Waals surface area contributed by atoms with Gasteiger partial charge >= 0.3 is 0 Å². The lowest BCUT2D eigenvalue weighted by atomic mass is 10.0. The first-order chi connectivity index (χ1) is 8.58. The third-order valence-corrected chi connectivity index (χ3v) is 3.80. The van der Waals surface area contributed by atoms with E-state index in [4.69, 9.17) is 11.6 Å². The highest BCUT2D eigenvalue weighted by atomic mass is 35.5. The molecule has 18 heavy (non-hydrogen) atoms. The summed E-state index contributed by atoms with van der Waals surface area (Å²) in [6.07, 6.45) is 1.05. The molecule has 1 aromatic rings. The molecule has 4 heteroatoms. The largest absolute Gasteiger partial charge is 0.369 e. The summed E-state index contributed by atoms with van der Waals surface area (Å²) in [5.74, 6) is 0.325. The Balaban J connectivity index is 2.22. The number of hydrogen-bond donors (Lipinski definition) is 1. The number of anilines is 1. The summed E-state index contributed by atoms with van der Waals surface area (Å²) in [5, 5.41) is 4.16. The average molecular weight is 271 g/mol. The van der Waals surface area contributed by atoms with E-state index in [1.807, 2.05) is 0 Å². The van der Waals surface area contributed by atoms with Crippen LogP contribution >= 0.6 is 11.6 Å². The van der Waals surface area contributed by atoms with Gasteiger partial charge in [-0.2, -0.15) is 0 Å². The highest BCUT2D eigenvalue weighted by Crippen LogP contribution is 2.28. The van der Waals surface area contributed by atoms with Crippen LogP contribution in [0.15, 0.2) is 18.2 Å². The van der Waals surface area contributed by atoms with Gasteiger partial charge in [-0.15, -0.1) is 0 Å². The van der Waals surface area contributed by atoms with E-state index < -0.39 is 0 Å². The maximum atomic E-state index is 13.4. The highest BCUT2D eigenvalue weighted by molar-refractivity contribution is 6.33. The summed E-state index contributed by atoms with van der Waals surface area (Å²) < 4.78 is 13.4. The molecule has 1 N–H and O–H groups in total. The van der Waals surface area contributed by atoms with Gasteiger partial charge in [0, 0.05) is 19.1 Å². The molecular formula is C14H20ClFN2. The van der Waals surface area contributed by atoms with Gasteiger partial charge in [0.1, 0.15) is 5.82 Å². The number of rotatable bonds is 2. The molecule has 1 aliphatic rings. The molecule has 2 nitrogen and oxygen atoms in total. The van der Waals surface area contributed by atoms with Crippen molar-refractivity contribution in [1.29, 1.82) is 0 Å². The fourth-order valence-electron chi connectivity index (χ4n) is 2.34. The molecule has 0 bridgehead atoms. The number of halogens is 2. The second kappa shape index (κ2) is 5.89. The molecule has 100 valence electrons. The minimum absolute atomic E-state index is 0.229. The molecule has 0 amide bonds. The van der Waals surface area contributed by atoms with Crippen molar-refractivity contribution in [2.24, 2.45) is 5.92 Å². The second-order valence-electron chi connectivity index (χ2n) is 5.20. The van der Waals surface area contributed by atoms with Crippen LogP contribution in [0.2, 0.25) is 5.02 Å². The SMILES string of the molecule is CC(C)C1CN(c2cc(F)ccc2Cl)CCCN1. The first-order valence-electron chi connectivity index (χ1n) is 6.51. The molecule has 0 spiro atoms. The van der Waals surface area contributed by atoms with Crippen molar-refractivity contribution in [2.75, 3.05) is 24.5 Å². The van der Waals surface area contributed by atoms with Crippen LogP contribution in [0.5, 0.6) is 0 Å². The van der Waals surface area contributed by atoms with E-state index in [1.54, 1.807) is 6.07 Å². The van der Waals surface area contributed by atoms with Gasteiger partial charge in [0.15, 0.2) is 0 Å². The van der Waals surface area contributed by atoms with E-state index in [1.165, 1.54) is 12.1 Å². The van der Waals surface area contributed by atoms with Crippen LogP contribution < -0.4 is 10.2 Å². The Kier molecular flexibility index (Phi) is 4.46. The van der Waals surface area contributed by atoms with Crippen LogP contribution in [0.1, 0.15) is 20.3 Å². The number of nitrogens with one attached hydrogen (secondary N) is 1. The van der Waals surface area contributed by atoms with Crippen LogP contribution in [-0.2, 0) is 0 Å². The minimum atomic E-state index is -0.229. The predicted octanol–water partition coefficient (Wildman–Crippen LogP) is 3.30. The quantitative estimate of drug-likeness (QED) is 0.887. The lowest BCUT2D eigenvalue weighted by Crippen LogP contribution is -2.41. The molecule has 1 saturated heterocycles. The molecule has 1 aromatic carbocycles. The maximum Gasteiger partial charge on any atom is 0.125 e. The zero-order chi connectivity index (χ0) is 13.1. The van der Waals surface area contributed by atoms with Crippen LogP contribution in [0, 0.1) is 11.7 Å². The number of hydrogen-bond acceptors (Lipinski definition) is 2. The Bertz CT molecular complexity index is 409. The maximum absolute atomic E-state index is 13.4. The first-order valence-corrected chi connectivity index (χ1v) is 6.89. The summed E-state index contributed by atoms with van der Waals surface area (Å²) in [5.41, 5.74) is 0.811. The summed E-state index contributed by atoms with van der Waals surface area (Å²) in [7, 11) is 0. The van der Waals surface area contributed by atoms with Gasteiger partial charge in [-0.25, -0.2) is 4.39 Å². The van der Waals surface area contributed by atoms with Gasteiger partial charge in [0.2, 0.25) is 0 Å². The molecule has 1 aliphatic heterocycles. The van der Waals surface area contributed by atoms with E-state index in [-0.39, 0.29) is 5.82 Å². The monoisotopic (exact) mass is 270 g/mol. The number of nitrogens with zero attached hydrogens (tertiary/aromatic N) is 1. The molecule has 0 saturated carbocycles. The molecule has 0 aliphatic carbocycles. The lowest BCUT2D eigenvalue weighted by molar-refractivity contribution is 0.420. The predicted molar refractivity (Wildman–Crippen MR) is 74.9 cm³/mol. The zero-order valence-corrected chi connectivity index (χ0v) is 11.7. The molecule has 1 heterocycles.